The number of rotatable bonds is 1. The number of benzene rings is 1. The summed E-state index contributed by atoms with van der Waals surface area (Å²) in [6, 6.07) is 8.63. The lowest BCUT2D eigenvalue weighted by Crippen LogP contribution is -2.07. The Morgan fingerprint density at radius 2 is 2.00 bits per heavy atom. The zero-order valence-electron chi connectivity index (χ0n) is 9.37. The van der Waals surface area contributed by atoms with Crippen LogP contribution in [0.5, 0.6) is 0 Å². The highest BCUT2D eigenvalue weighted by Gasteiger charge is 2.18. The molecule has 1 nitrogen and oxygen atoms in total. The van der Waals surface area contributed by atoms with Crippen LogP contribution in [0.15, 0.2) is 24.3 Å². The predicted molar refractivity (Wildman–Crippen MR) is 67.4 cm³/mol. The largest absolute Gasteiger partial charge is 0.333 e. The minimum atomic E-state index is 0.704. The summed E-state index contributed by atoms with van der Waals surface area (Å²) in [5, 5.41) is 1.41. The van der Waals surface area contributed by atoms with Gasteiger partial charge in [0.2, 0.25) is 0 Å². The van der Waals surface area contributed by atoms with E-state index in [2.05, 4.69) is 34.8 Å². The van der Waals surface area contributed by atoms with Crippen LogP contribution in [-0.4, -0.2) is 4.57 Å². The first-order valence-electron chi connectivity index (χ1n) is 5.94. The molecule has 1 heteroatoms. The van der Waals surface area contributed by atoms with Crippen LogP contribution < -0.4 is 0 Å². The van der Waals surface area contributed by atoms with Crippen molar-refractivity contribution < 1.29 is 0 Å². The van der Waals surface area contributed by atoms with E-state index in [-0.39, 0.29) is 0 Å². The van der Waals surface area contributed by atoms with Crippen LogP contribution in [0.25, 0.3) is 10.9 Å². The van der Waals surface area contributed by atoms with E-state index in [0.29, 0.717) is 6.54 Å². The molecular formula is C15H15N. The molecular weight excluding hydrogens is 194 g/mol. The summed E-state index contributed by atoms with van der Waals surface area (Å²) in [5.74, 6) is 2.78. The quantitative estimate of drug-likeness (QED) is 0.636. The van der Waals surface area contributed by atoms with E-state index in [1.807, 2.05) is 0 Å². The summed E-state index contributed by atoms with van der Waals surface area (Å²) in [6.07, 6.45) is 10.5. The number of aromatic nitrogens is 1. The van der Waals surface area contributed by atoms with E-state index in [1.54, 1.807) is 0 Å². The minimum Gasteiger partial charge on any atom is -0.333 e. The molecule has 1 heterocycles. The molecule has 1 aliphatic rings. The molecule has 80 valence electrons. The third-order valence-electron chi connectivity index (χ3n) is 3.53. The molecule has 0 saturated carbocycles. The zero-order valence-corrected chi connectivity index (χ0v) is 9.37. The van der Waals surface area contributed by atoms with Crippen molar-refractivity contribution in [3.8, 4) is 12.3 Å². The average molecular weight is 209 g/mol. The Morgan fingerprint density at radius 3 is 2.88 bits per heavy atom. The van der Waals surface area contributed by atoms with Gasteiger partial charge in [-0.25, -0.2) is 0 Å². The first-order chi connectivity index (χ1) is 7.92. The van der Waals surface area contributed by atoms with Gasteiger partial charge in [-0.2, -0.15) is 0 Å². The van der Waals surface area contributed by atoms with Gasteiger partial charge in [-0.05, 0) is 37.3 Å². The van der Waals surface area contributed by atoms with Gasteiger partial charge in [0.1, 0.15) is 0 Å². The van der Waals surface area contributed by atoms with E-state index in [4.69, 9.17) is 6.42 Å². The van der Waals surface area contributed by atoms with E-state index < -0.39 is 0 Å². The van der Waals surface area contributed by atoms with Crippen molar-refractivity contribution in [1.82, 2.24) is 4.57 Å². The van der Waals surface area contributed by atoms with Crippen LogP contribution in [0.4, 0.5) is 0 Å². The van der Waals surface area contributed by atoms with Crippen molar-refractivity contribution in [2.24, 2.45) is 0 Å². The monoisotopic (exact) mass is 209 g/mol. The molecule has 0 spiro atoms. The first kappa shape index (κ1) is 9.54. The van der Waals surface area contributed by atoms with Gasteiger partial charge in [-0.3, -0.25) is 0 Å². The summed E-state index contributed by atoms with van der Waals surface area (Å²) in [7, 11) is 0. The third kappa shape index (κ3) is 1.27. The van der Waals surface area contributed by atoms with Crippen molar-refractivity contribution in [2.45, 2.75) is 32.2 Å². The molecule has 1 aromatic carbocycles. The Balaban J connectivity index is 2.33. The van der Waals surface area contributed by atoms with Crippen molar-refractivity contribution in [1.29, 1.82) is 0 Å². The number of nitrogens with zero attached hydrogens (tertiary/aromatic N) is 1. The number of terminal acetylenes is 1. The molecule has 3 rings (SSSR count). The fourth-order valence-corrected chi connectivity index (χ4v) is 2.86. The van der Waals surface area contributed by atoms with Crippen LogP contribution in [0, 0.1) is 12.3 Å². The molecule has 0 unspecified atom stereocenters. The second-order valence-corrected chi connectivity index (χ2v) is 4.44. The normalized spacial score (nSPS) is 14.7. The van der Waals surface area contributed by atoms with Gasteiger partial charge in [-0.1, -0.05) is 24.1 Å². The summed E-state index contributed by atoms with van der Waals surface area (Å²) in [5.41, 5.74) is 4.33. The Bertz CT molecular complexity index is 569. The van der Waals surface area contributed by atoms with Crippen molar-refractivity contribution in [3.63, 3.8) is 0 Å². The van der Waals surface area contributed by atoms with E-state index in [9.17, 15) is 0 Å². The van der Waals surface area contributed by atoms with Crippen LogP contribution in [0.3, 0.4) is 0 Å². The lowest BCUT2D eigenvalue weighted by molar-refractivity contribution is 0.644. The van der Waals surface area contributed by atoms with Gasteiger partial charge >= 0.3 is 0 Å². The van der Waals surface area contributed by atoms with Gasteiger partial charge < -0.3 is 4.57 Å². The molecule has 0 amide bonds. The number of aryl methyl sites for hydroxylation is 1. The van der Waals surface area contributed by atoms with Gasteiger partial charge in [0, 0.05) is 16.6 Å². The van der Waals surface area contributed by atoms with Crippen LogP contribution in [0.2, 0.25) is 0 Å². The highest BCUT2D eigenvalue weighted by atomic mass is 15.0. The molecule has 0 N–H and O–H groups in total. The highest BCUT2D eigenvalue weighted by molar-refractivity contribution is 5.86. The Kier molecular flexibility index (Phi) is 2.22. The lowest BCUT2D eigenvalue weighted by Gasteiger charge is -2.14. The molecule has 0 fully saturated rings. The first-order valence-corrected chi connectivity index (χ1v) is 5.94. The molecule has 0 radical (unpaired) electrons. The van der Waals surface area contributed by atoms with Crippen LogP contribution >= 0.6 is 0 Å². The number of fused-ring (bicyclic) bond motifs is 3. The molecule has 1 aliphatic carbocycles. The summed E-state index contributed by atoms with van der Waals surface area (Å²) >= 11 is 0. The topological polar surface area (TPSA) is 4.93 Å². The Hall–Kier alpha value is -1.68. The maximum atomic E-state index is 5.47. The fraction of sp³-hybridized carbons (Fsp3) is 0.333. The lowest BCUT2D eigenvalue weighted by atomic mass is 9.96. The van der Waals surface area contributed by atoms with Crippen molar-refractivity contribution in [2.75, 3.05) is 0 Å². The molecule has 0 aliphatic heterocycles. The smallest absolute Gasteiger partial charge is 0.0837 e. The molecule has 16 heavy (non-hydrogen) atoms. The molecule has 0 atom stereocenters. The maximum Gasteiger partial charge on any atom is 0.0837 e. The summed E-state index contributed by atoms with van der Waals surface area (Å²) in [6.45, 7) is 0.704. The summed E-state index contributed by atoms with van der Waals surface area (Å²) in [4.78, 5) is 0. The summed E-state index contributed by atoms with van der Waals surface area (Å²) < 4.78 is 2.32. The van der Waals surface area contributed by atoms with Crippen molar-refractivity contribution in [3.05, 3.63) is 35.5 Å². The van der Waals surface area contributed by atoms with Crippen LogP contribution in [0.1, 0.15) is 24.1 Å². The predicted octanol–water partition coefficient (Wildman–Crippen LogP) is 3.15. The third-order valence-corrected chi connectivity index (χ3v) is 3.53. The SMILES string of the molecule is C#CCn1c2c(c3ccccc31)CCCC2. The molecule has 0 bridgehead atoms. The molecule has 0 saturated heterocycles. The van der Waals surface area contributed by atoms with Gasteiger partial charge in [0.05, 0.1) is 6.54 Å². The molecule has 1 aromatic heterocycles. The number of hydrogen-bond donors (Lipinski definition) is 0. The number of para-hydroxylation sites is 1. The van der Waals surface area contributed by atoms with Gasteiger partial charge in [0.15, 0.2) is 0 Å². The Morgan fingerprint density at radius 1 is 1.19 bits per heavy atom. The van der Waals surface area contributed by atoms with Gasteiger partial charge in [-0.15, -0.1) is 6.42 Å². The second-order valence-electron chi connectivity index (χ2n) is 4.44. The van der Waals surface area contributed by atoms with Gasteiger partial charge in [0.25, 0.3) is 0 Å². The minimum absolute atomic E-state index is 0.704. The van der Waals surface area contributed by atoms with E-state index >= 15 is 0 Å². The maximum absolute atomic E-state index is 5.47. The zero-order chi connectivity index (χ0) is 11.0. The van der Waals surface area contributed by atoms with E-state index in [0.717, 1.165) is 0 Å². The number of hydrogen-bond acceptors (Lipinski definition) is 0. The standard InChI is InChI=1S/C15H15N/c1-2-11-16-14-9-5-3-7-12(14)13-8-4-6-10-15(13)16/h1,3,5,7,9H,4,6,8,10-11H2. The van der Waals surface area contributed by atoms with Crippen molar-refractivity contribution >= 4 is 10.9 Å². The van der Waals surface area contributed by atoms with Crippen LogP contribution in [-0.2, 0) is 19.4 Å². The second kappa shape index (κ2) is 3.72. The molecule has 2 aromatic rings. The Labute approximate surface area is 96.1 Å². The van der Waals surface area contributed by atoms with E-state index in [1.165, 1.54) is 47.8 Å². The fourth-order valence-electron chi connectivity index (χ4n) is 2.86. The highest BCUT2D eigenvalue weighted by Crippen LogP contribution is 2.31. The average Bonchev–Trinajstić information content (AvgIpc) is 2.66.